The summed E-state index contributed by atoms with van der Waals surface area (Å²) in [6, 6.07) is 8.03. The lowest BCUT2D eigenvalue weighted by atomic mass is 10.1. The molecule has 1 fully saturated rings. The molecule has 0 radical (unpaired) electrons. The van der Waals surface area contributed by atoms with E-state index in [0.29, 0.717) is 6.10 Å². The number of hydrogen-bond donors (Lipinski definition) is 1. The molecule has 1 N–H and O–H groups in total. The maximum atomic E-state index is 9.80. The summed E-state index contributed by atoms with van der Waals surface area (Å²) in [5, 5.41) is 9.80. The molecule has 1 aliphatic heterocycles. The molecule has 1 saturated heterocycles. The summed E-state index contributed by atoms with van der Waals surface area (Å²) in [6.45, 7) is 3.59. The van der Waals surface area contributed by atoms with Gasteiger partial charge in [-0.3, -0.25) is 0 Å². The molecule has 1 aromatic rings. The molecule has 1 aliphatic rings. The molecular formula is C15H23NO2. The molecule has 1 aromatic carbocycles. The van der Waals surface area contributed by atoms with Gasteiger partial charge in [0.25, 0.3) is 0 Å². The highest BCUT2D eigenvalue weighted by Gasteiger charge is 2.18. The van der Waals surface area contributed by atoms with Gasteiger partial charge in [0.15, 0.2) is 0 Å². The predicted octanol–water partition coefficient (Wildman–Crippen LogP) is 2.75. The molecule has 100 valence electrons. The summed E-state index contributed by atoms with van der Waals surface area (Å²) in [4.78, 5) is 2.19. The highest BCUT2D eigenvalue weighted by atomic mass is 16.5. The number of aliphatic hydroxyl groups excluding tert-OH is 1. The van der Waals surface area contributed by atoms with Crippen LogP contribution in [0.3, 0.4) is 0 Å². The average Bonchev–Trinajstić information content (AvgIpc) is 2.40. The fourth-order valence-electron chi connectivity index (χ4n) is 2.54. The van der Waals surface area contributed by atoms with Crippen LogP contribution in [-0.2, 0) is 4.74 Å². The van der Waals surface area contributed by atoms with Crippen molar-refractivity contribution < 1.29 is 9.84 Å². The number of rotatable bonds is 4. The zero-order chi connectivity index (χ0) is 13.0. The lowest BCUT2D eigenvalue weighted by molar-refractivity contribution is 0.0215. The molecule has 0 bridgehead atoms. The Hall–Kier alpha value is -1.06. The zero-order valence-corrected chi connectivity index (χ0v) is 11.3. The number of nitrogens with zero attached hydrogens (tertiary/aromatic N) is 1. The van der Waals surface area contributed by atoms with Gasteiger partial charge in [-0.15, -0.1) is 0 Å². The van der Waals surface area contributed by atoms with Gasteiger partial charge in [0.1, 0.15) is 0 Å². The quantitative estimate of drug-likeness (QED) is 0.890. The SMILES string of the molecule is C[C@H](O)c1ccccc1N(C)CC1CCCCO1. The van der Waals surface area contributed by atoms with Crippen LogP contribution in [0.15, 0.2) is 24.3 Å². The largest absolute Gasteiger partial charge is 0.389 e. The highest BCUT2D eigenvalue weighted by Crippen LogP contribution is 2.26. The minimum absolute atomic E-state index is 0.325. The molecule has 0 aromatic heterocycles. The highest BCUT2D eigenvalue weighted by molar-refractivity contribution is 5.54. The van der Waals surface area contributed by atoms with Crippen LogP contribution in [0.1, 0.15) is 37.9 Å². The fourth-order valence-corrected chi connectivity index (χ4v) is 2.54. The second kappa shape index (κ2) is 6.21. The lowest BCUT2D eigenvalue weighted by Gasteiger charge is -2.30. The average molecular weight is 249 g/mol. The van der Waals surface area contributed by atoms with E-state index in [4.69, 9.17) is 4.74 Å². The van der Waals surface area contributed by atoms with Crippen LogP contribution >= 0.6 is 0 Å². The van der Waals surface area contributed by atoms with Gasteiger partial charge in [-0.05, 0) is 32.3 Å². The van der Waals surface area contributed by atoms with E-state index in [9.17, 15) is 5.11 Å². The van der Waals surface area contributed by atoms with E-state index in [1.807, 2.05) is 25.1 Å². The molecule has 2 atom stereocenters. The van der Waals surface area contributed by atoms with Crippen molar-refractivity contribution >= 4 is 5.69 Å². The molecule has 0 saturated carbocycles. The summed E-state index contributed by atoms with van der Waals surface area (Å²) < 4.78 is 5.77. The smallest absolute Gasteiger partial charge is 0.0781 e. The first kappa shape index (κ1) is 13.4. The number of para-hydroxylation sites is 1. The Balaban J connectivity index is 2.05. The van der Waals surface area contributed by atoms with Gasteiger partial charge in [0.05, 0.1) is 12.2 Å². The van der Waals surface area contributed by atoms with Crippen molar-refractivity contribution in [1.29, 1.82) is 0 Å². The van der Waals surface area contributed by atoms with Crippen LogP contribution in [0.5, 0.6) is 0 Å². The second-order valence-electron chi connectivity index (χ2n) is 5.10. The van der Waals surface area contributed by atoms with Crippen LogP contribution in [0.4, 0.5) is 5.69 Å². The van der Waals surface area contributed by atoms with Crippen LogP contribution in [0.25, 0.3) is 0 Å². The van der Waals surface area contributed by atoms with Crippen molar-refractivity contribution in [3.63, 3.8) is 0 Å². The topological polar surface area (TPSA) is 32.7 Å². The first-order valence-corrected chi connectivity index (χ1v) is 6.78. The standard InChI is InChI=1S/C15H23NO2/c1-12(17)14-8-3-4-9-15(14)16(2)11-13-7-5-6-10-18-13/h3-4,8-9,12-13,17H,5-7,10-11H2,1-2H3/t12-,13?/m0/s1. The molecule has 0 aliphatic carbocycles. The van der Waals surface area contributed by atoms with Gasteiger partial charge in [-0.1, -0.05) is 18.2 Å². The number of benzene rings is 1. The maximum Gasteiger partial charge on any atom is 0.0781 e. The number of ether oxygens (including phenoxy) is 1. The van der Waals surface area contributed by atoms with Crippen LogP contribution in [0.2, 0.25) is 0 Å². The molecule has 3 heteroatoms. The summed E-state index contributed by atoms with van der Waals surface area (Å²) in [5.74, 6) is 0. The molecule has 1 heterocycles. The summed E-state index contributed by atoms with van der Waals surface area (Å²) >= 11 is 0. The Morgan fingerprint density at radius 1 is 1.39 bits per heavy atom. The van der Waals surface area contributed by atoms with E-state index in [-0.39, 0.29) is 0 Å². The molecule has 1 unspecified atom stereocenters. The number of aliphatic hydroxyl groups is 1. The van der Waals surface area contributed by atoms with Crippen molar-refractivity contribution in [2.45, 2.75) is 38.4 Å². The number of hydrogen-bond acceptors (Lipinski definition) is 3. The monoisotopic (exact) mass is 249 g/mol. The summed E-state index contributed by atoms with van der Waals surface area (Å²) in [7, 11) is 2.07. The molecule has 18 heavy (non-hydrogen) atoms. The van der Waals surface area contributed by atoms with Gasteiger partial charge in [-0.25, -0.2) is 0 Å². The number of likely N-dealkylation sites (N-methyl/N-ethyl adjacent to an activating group) is 1. The van der Waals surface area contributed by atoms with Crippen LogP contribution in [0, 0.1) is 0 Å². The van der Waals surface area contributed by atoms with Gasteiger partial charge in [-0.2, -0.15) is 0 Å². The van der Waals surface area contributed by atoms with Gasteiger partial charge >= 0.3 is 0 Å². The summed E-state index contributed by atoms with van der Waals surface area (Å²) in [5.41, 5.74) is 2.08. The molecular weight excluding hydrogens is 226 g/mol. The van der Waals surface area contributed by atoms with Crippen molar-refractivity contribution in [1.82, 2.24) is 0 Å². The minimum atomic E-state index is -0.434. The zero-order valence-electron chi connectivity index (χ0n) is 11.3. The van der Waals surface area contributed by atoms with E-state index in [1.165, 1.54) is 12.8 Å². The van der Waals surface area contributed by atoms with E-state index in [1.54, 1.807) is 0 Å². The molecule has 3 nitrogen and oxygen atoms in total. The predicted molar refractivity (Wildman–Crippen MR) is 73.9 cm³/mol. The molecule has 0 amide bonds. The van der Waals surface area contributed by atoms with Crippen molar-refractivity contribution in [2.24, 2.45) is 0 Å². The Morgan fingerprint density at radius 2 is 2.17 bits per heavy atom. The van der Waals surface area contributed by atoms with E-state index in [2.05, 4.69) is 18.0 Å². The van der Waals surface area contributed by atoms with E-state index >= 15 is 0 Å². The Bertz CT molecular complexity index is 373. The van der Waals surface area contributed by atoms with E-state index < -0.39 is 6.10 Å². The second-order valence-corrected chi connectivity index (χ2v) is 5.10. The van der Waals surface area contributed by atoms with Gasteiger partial charge in [0.2, 0.25) is 0 Å². The normalized spacial score (nSPS) is 21.6. The number of anilines is 1. The third-order valence-corrected chi connectivity index (χ3v) is 3.55. The van der Waals surface area contributed by atoms with Crippen LogP contribution < -0.4 is 4.90 Å². The van der Waals surface area contributed by atoms with Crippen LogP contribution in [-0.4, -0.2) is 31.4 Å². The lowest BCUT2D eigenvalue weighted by Crippen LogP contribution is -2.33. The Labute approximate surface area is 109 Å². The van der Waals surface area contributed by atoms with Crippen molar-refractivity contribution in [3.8, 4) is 0 Å². The van der Waals surface area contributed by atoms with E-state index in [0.717, 1.165) is 30.8 Å². The summed E-state index contributed by atoms with van der Waals surface area (Å²) in [6.07, 6.45) is 3.48. The Morgan fingerprint density at radius 3 is 2.83 bits per heavy atom. The third-order valence-electron chi connectivity index (χ3n) is 3.55. The van der Waals surface area contributed by atoms with Gasteiger partial charge < -0.3 is 14.7 Å². The first-order chi connectivity index (χ1) is 8.68. The Kier molecular flexibility index (Phi) is 4.61. The first-order valence-electron chi connectivity index (χ1n) is 6.78. The van der Waals surface area contributed by atoms with Crippen molar-refractivity contribution in [2.75, 3.05) is 25.1 Å². The van der Waals surface area contributed by atoms with Crippen molar-refractivity contribution in [3.05, 3.63) is 29.8 Å². The molecule has 2 rings (SSSR count). The maximum absolute atomic E-state index is 9.80. The third kappa shape index (κ3) is 3.24. The molecule has 0 spiro atoms. The fraction of sp³-hybridized carbons (Fsp3) is 0.600. The minimum Gasteiger partial charge on any atom is -0.389 e. The van der Waals surface area contributed by atoms with Gasteiger partial charge in [0, 0.05) is 31.5 Å².